The Bertz CT molecular complexity index is 1550. The third-order valence-electron chi connectivity index (χ3n) is 8.04. The monoisotopic (exact) mass is 620 g/mol. The van der Waals surface area contributed by atoms with Crippen LogP contribution in [0.5, 0.6) is 17.2 Å². The fourth-order valence-corrected chi connectivity index (χ4v) is 5.43. The summed E-state index contributed by atoms with van der Waals surface area (Å²) in [5.74, 6) is 1.92. The first-order chi connectivity index (χ1) is 22.4. The van der Waals surface area contributed by atoms with Crippen molar-refractivity contribution in [2.45, 2.75) is 58.6 Å². The van der Waals surface area contributed by atoms with Crippen LogP contribution in [0.4, 0.5) is 16.2 Å². The maximum Gasteiger partial charge on any atom is 0.319 e. The van der Waals surface area contributed by atoms with Crippen molar-refractivity contribution in [3.63, 3.8) is 0 Å². The summed E-state index contributed by atoms with van der Waals surface area (Å²) < 4.78 is 12.3. The zero-order chi connectivity index (χ0) is 32.1. The summed E-state index contributed by atoms with van der Waals surface area (Å²) in [5.41, 5.74) is 4.15. The van der Waals surface area contributed by atoms with E-state index in [9.17, 15) is 9.59 Å². The van der Waals surface area contributed by atoms with Crippen molar-refractivity contribution < 1.29 is 19.1 Å². The molecule has 0 radical (unpaired) electrons. The van der Waals surface area contributed by atoms with Gasteiger partial charge in [-0.2, -0.15) is 0 Å². The van der Waals surface area contributed by atoms with E-state index in [0.29, 0.717) is 35.0 Å². The number of benzene rings is 4. The molecule has 0 saturated carbocycles. The SMILES string of the molecule is CCCCCNC(=O)Nc1ccc(Oc2ccc(NC(=O)c3ccc(OC4CCN(Cc5ccccc5)CC4)cc3)cc2C)cc1. The number of hydrogen-bond acceptors (Lipinski definition) is 5. The van der Waals surface area contributed by atoms with Crippen LogP contribution >= 0.6 is 0 Å². The molecule has 1 heterocycles. The van der Waals surface area contributed by atoms with E-state index >= 15 is 0 Å². The first-order valence-electron chi connectivity index (χ1n) is 16.2. The van der Waals surface area contributed by atoms with E-state index in [2.05, 4.69) is 58.1 Å². The number of ether oxygens (including phenoxy) is 2. The van der Waals surface area contributed by atoms with Crippen LogP contribution in [0.25, 0.3) is 0 Å². The molecular weight excluding hydrogens is 576 g/mol. The Balaban J connectivity index is 1.06. The highest BCUT2D eigenvalue weighted by atomic mass is 16.5. The molecule has 4 aromatic rings. The van der Waals surface area contributed by atoms with E-state index in [4.69, 9.17) is 9.47 Å². The predicted molar refractivity (Wildman–Crippen MR) is 184 cm³/mol. The summed E-state index contributed by atoms with van der Waals surface area (Å²) in [7, 11) is 0. The largest absolute Gasteiger partial charge is 0.490 e. The van der Waals surface area contributed by atoms with Crippen LogP contribution in [0.3, 0.4) is 0 Å². The lowest BCUT2D eigenvalue weighted by atomic mass is 10.1. The molecular formula is C38H44N4O4. The summed E-state index contributed by atoms with van der Waals surface area (Å²) in [6, 6.07) is 30.5. The van der Waals surface area contributed by atoms with Gasteiger partial charge in [0.2, 0.25) is 0 Å². The van der Waals surface area contributed by atoms with Gasteiger partial charge in [-0.05, 0) is 104 Å². The minimum atomic E-state index is -0.214. The third kappa shape index (κ3) is 9.84. The molecule has 0 aromatic heterocycles. The number of amides is 3. The number of nitrogens with zero attached hydrogens (tertiary/aromatic N) is 1. The van der Waals surface area contributed by atoms with Gasteiger partial charge in [0.05, 0.1) is 0 Å². The smallest absolute Gasteiger partial charge is 0.319 e. The number of likely N-dealkylation sites (tertiary alicyclic amines) is 1. The molecule has 1 fully saturated rings. The van der Waals surface area contributed by atoms with Crippen LogP contribution in [-0.2, 0) is 6.54 Å². The second-order valence-corrected chi connectivity index (χ2v) is 11.8. The summed E-state index contributed by atoms with van der Waals surface area (Å²) in [5, 5.41) is 8.67. The van der Waals surface area contributed by atoms with Gasteiger partial charge in [-0.3, -0.25) is 9.69 Å². The fourth-order valence-electron chi connectivity index (χ4n) is 5.43. The molecule has 8 heteroatoms. The summed E-state index contributed by atoms with van der Waals surface area (Å²) in [6.45, 7) is 7.71. The topological polar surface area (TPSA) is 91.9 Å². The number of unbranched alkanes of at least 4 members (excludes halogenated alkanes) is 2. The highest BCUT2D eigenvalue weighted by molar-refractivity contribution is 6.04. The molecule has 5 rings (SSSR count). The lowest BCUT2D eigenvalue weighted by Crippen LogP contribution is -2.37. The van der Waals surface area contributed by atoms with E-state index in [-0.39, 0.29) is 18.0 Å². The van der Waals surface area contributed by atoms with Crippen molar-refractivity contribution in [3.05, 3.63) is 114 Å². The lowest BCUT2D eigenvalue weighted by Gasteiger charge is -2.32. The molecule has 3 N–H and O–H groups in total. The Morgan fingerprint density at radius 3 is 2.20 bits per heavy atom. The number of piperidine rings is 1. The molecule has 46 heavy (non-hydrogen) atoms. The second-order valence-electron chi connectivity index (χ2n) is 11.8. The molecule has 0 bridgehead atoms. The van der Waals surface area contributed by atoms with Crippen molar-refractivity contribution in [1.82, 2.24) is 10.2 Å². The highest BCUT2D eigenvalue weighted by Crippen LogP contribution is 2.29. The van der Waals surface area contributed by atoms with Crippen LogP contribution < -0.4 is 25.4 Å². The molecule has 1 saturated heterocycles. The number of hydrogen-bond donors (Lipinski definition) is 3. The first kappa shape index (κ1) is 32.6. The predicted octanol–water partition coefficient (Wildman–Crippen LogP) is 8.39. The van der Waals surface area contributed by atoms with Crippen LogP contribution in [-0.4, -0.2) is 42.6 Å². The van der Waals surface area contributed by atoms with Gasteiger partial charge in [0, 0.05) is 43.1 Å². The molecule has 3 amide bonds. The van der Waals surface area contributed by atoms with Crippen molar-refractivity contribution in [1.29, 1.82) is 0 Å². The van der Waals surface area contributed by atoms with Gasteiger partial charge in [-0.25, -0.2) is 4.79 Å². The Labute approximate surface area is 272 Å². The van der Waals surface area contributed by atoms with Crippen LogP contribution in [0.1, 0.15) is 60.5 Å². The quantitative estimate of drug-likeness (QED) is 0.131. The first-order valence-corrected chi connectivity index (χ1v) is 16.2. The van der Waals surface area contributed by atoms with Gasteiger partial charge in [-0.1, -0.05) is 50.1 Å². The average Bonchev–Trinajstić information content (AvgIpc) is 3.07. The lowest BCUT2D eigenvalue weighted by molar-refractivity contribution is 0.0967. The zero-order valence-electron chi connectivity index (χ0n) is 26.8. The summed E-state index contributed by atoms with van der Waals surface area (Å²) in [4.78, 5) is 27.5. The Morgan fingerprint density at radius 1 is 0.804 bits per heavy atom. The van der Waals surface area contributed by atoms with E-state index in [1.54, 1.807) is 24.3 Å². The van der Waals surface area contributed by atoms with Crippen molar-refractivity contribution in [2.75, 3.05) is 30.3 Å². The average molecular weight is 621 g/mol. The molecule has 0 aliphatic carbocycles. The van der Waals surface area contributed by atoms with Crippen LogP contribution in [0, 0.1) is 6.92 Å². The number of carbonyl (C=O) groups is 2. The Morgan fingerprint density at radius 2 is 1.50 bits per heavy atom. The van der Waals surface area contributed by atoms with Gasteiger partial charge in [-0.15, -0.1) is 0 Å². The van der Waals surface area contributed by atoms with E-state index < -0.39 is 0 Å². The van der Waals surface area contributed by atoms with Gasteiger partial charge in [0.1, 0.15) is 23.4 Å². The number of carbonyl (C=O) groups excluding carboxylic acids is 2. The molecule has 1 aliphatic rings. The molecule has 4 aromatic carbocycles. The number of urea groups is 1. The van der Waals surface area contributed by atoms with E-state index in [1.807, 2.05) is 49.4 Å². The molecule has 1 aliphatic heterocycles. The minimum Gasteiger partial charge on any atom is -0.490 e. The number of aryl methyl sites for hydroxylation is 1. The molecule has 0 spiro atoms. The number of rotatable bonds is 13. The van der Waals surface area contributed by atoms with Crippen molar-refractivity contribution >= 4 is 23.3 Å². The molecule has 8 nitrogen and oxygen atoms in total. The maximum atomic E-state index is 13.0. The standard InChI is InChI=1S/C38H44N4O4/c1-3-4-8-23-39-38(44)41-31-13-18-34(19-14-31)46-36-20-15-32(26-28(36)2)40-37(43)30-11-16-33(17-12-30)45-35-21-24-42(25-22-35)27-29-9-6-5-7-10-29/h5-7,9-20,26,35H,3-4,8,21-25,27H2,1-2H3,(H,40,43)(H2,39,41,44). The maximum absolute atomic E-state index is 13.0. The third-order valence-corrected chi connectivity index (χ3v) is 8.04. The molecule has 0 unspecified atom stereocenters. The zero-order valence-corrected chi connectivity index (χ0v) is 26.8. The number of nitrogens with one attached hydrogen (secondary N) is 3. The van der Waals surface area contributed by atoms with Crippen LogP contribution in [0.15, 0.2) is 97.1 Å². The summed E-state index contributed by atoms with van der Waals surface area (Å²) in [6.07, 6.45) is 5.32. The van der Waals surface area contributed by atoms with Gasteiger partial charge in [0.15, 0.2) is 0 Å². The Hall–Kier alpha value is -4.82. The van der Waals surface area contributed by atoms with Gasteiger partial charge < -0.3 is 25.4 Å². The second kappa shape index (κ2) is 16.5. The van der Waals surface area contributed by atoms with Gasteiger partial charge in [0.25, 0.3) is 5.91 Å². The van der Waals surface area contributed by atoms with E-state index in [0.717, 1.165) is 63.1 Å². The van der Waals surface area contributed by atoms with Crippen molar-refractivity contribution in [3.8, 4) is 17.2 Å². The molecule has 0 atom stereocenters. The number of anilines is 2. The normalized spacial score (nSPS) is 13.5. The fraction of sp³-hybridized carbons (Fsp3) is 0.316. The minimum absolute atomic E-state index is 0.177. The van der Waals surface area contributed by atoms with Crippen LogP contribution in [0.2, 0.25) is 0 Å². The van der Waals surface area contributed by atoms with E-state index in [1.165, 1.54) is 5.56 Å². The highest BCUT2D eigenvalue weighted by Gasteiger charge is 2.21. The van der Waals surface area contributed by atoms with Crippen molar-refractivity contribution in [2.24, 2.45) is 0 Å². The van der Waals surface area contributed by atoms with Gasteiger partial charge >= 0.3 is 6.03 Å². The summed E-state index contributed by atoms with van der Waals surface area (Å²) >= 11 is 0. The molecule has 240 valence electrons. The Kier molecular flexibility index (Phi) is 11.7.